The largest absolute Gasteiger partial charge is 0.330 e. The van der Waals surface area contributed by atoms with Gasteiger partial charge in [-0.2, -0.15) is 0 Å². The Hall–Kier alpha value is -0.700. The molecule has 0 amide bonds. The maximum absolute atomic E-state index is 11.3. The minimum absolute atomic E-state index is 0.137. The van der Waals surface area contributed by atoms with Crippen LogP contribution in [0.5, 0.6) is 0 Å². The Balaban J connectivity index is 4.06. The van der Waals surface area contributed by atoms with Crippen LogP contribution in [0.15, 0.2) is 0 Å². The van der Waals surface area contributed by atoms with Gasteiger partial charge >= 0.3 is 0 Å². The van der Waals surface area contributed by atoms with Crippen LogP contribution >= 0.6 is 0 Å². The lowest BCUT2D eigenvalue weighted by Crippen LogP contribution is -2.24. The molecule has 2 N–H and O–H groups in total. The van der Waals surface area contributed by atoms with Crippen molar-refractivity contribution < 1.29 is 9.59 Å². The fourth-order valence-corrected chi connectivity index (χ4v) is 1.35. The first kappa shape index (κ1) is 12.3. The number of Topliss-reactive ketones (excluding diaryl/α,β-unsaturated/α-hetero) is 2. The highest BCUT2D eigenvalue weighted by Gasteiger charge is 2.20. The van der Waals surface area contributed by atoms with Crippen LogP contribution in [0.25, 0.3) is 0 Å². The molecule has 0 aromatic heterocycles. The topological polar surface area (TPSA) is 60.2 Å². The van der Waals surface area contributed by atoms with E-state index < -0.39 is 0 Å². The molecule has 0 spiro atoms. The summed E-state index contributed by atoms with van der Waals surface area (Å²) in [5.74, 6) is -0.726. The second-order valence-corrected chi connectivity index (χ2v) is 3.34. The third kappa shape index (κ3) is 4.78. The average Bonchev–Trinajstić information content (AvgIpc) is 2.11. The van der Waals surface area contributed by atoms with Gasteiger partial charge in [0, 0.05) is 12.8 Å². The van der Waals surface area contributed by atoms with Crippen molar-refractivity contribution >= 4 is 11.6 Å². The highest BCUT2D eigenvalue weighted by atomic mass is 16.2. The lowest BCUT2D eigenvalue weighted by atomic mass is 9.92. The summed E-state index contributed by atoms with van der Waals surface area (Å²) >= 11 is 0. The molecular weight excluding hydrogens is 166 g/mol. The van der Waals surface area contributed by atoms with E-state index in [1.807, 2.05) is 0 Å². The van der Waals surface area contributed by atoms with Crippen LogP contribution in [0.3, 0.4) is 0 Å². The Morgan fingerprint density at radius 2 is 1.92 bits per heavy atom. The van der Waals surface area contributed by atoms with Gasteiger partial charge in [0.05, 0.1) is 0 Å². The van der Waals surface area contributed by atoms with Gasteiger partial charge in [-0.25, -0.2) is 0 Å². The molecule has 0 radical (unpaired) electrons. The van der Waals surface area contributed by atoms with Gasteiger partial charge in [-0.15, -0.1) is 0 Å². The van der Waals surface area contributed by atoms with Crippen molar-refractivity contribution in [1.29, 1.82) is 0 Å². The van der Waals surface area contributed by atoms with Gasteiger partial charge in [0.25, 0.3) is 0 Å². The summed E-state index contributed by atoms with van der Waals surface area (Å²) in [5.41, 5.74) is 5.38. The summed E-state index contributed by atoms with van der Waals surface area (Å²) in [4.78, 5) is 22.2. The maximum atomic E-state index is 11.3. The zero-order valence-corrected chi connectivity index (χ0v) is 8.51. The van der Waals surface area contributed by atoms with Gasteiger partial charge in [0.1, 0.15) is 0 Å². The molecule has 3 nitrogen and oxygen atoms in total. The fourth-order valence-electron chi connectivity index (χ4n) is 1.35. The molecule has 0 bridgehead atoms. The van der Waals surface area contributed by atoms with Gasteiger partial charge in [-0.05, 0) is 19.4 Å². The van der Waals surface area contributed by atoms with E-state index in [-0.39, 0.29) is 17.5 Å². The van der Waals surface area contributed by atoms with Gasteiger partial charge in [-0.3, -0.25) is 9.59 Å². The molecule has 3 heteroatoms. The summed E-state index contributed by atoms with van der Waals surface area (Å²) in [6.07, 6.45) is 3.47. The number of nitrogens with two attached hydrogens (primary N) is 1. The Morgan fingerprint density at radius 1 is 1.31 bits per heavy atom. The van der Waals surface area contributed by atoms with Crippen molar-refractivity contribution in [2.45, 2.75) is 39.5 Å². The first-order valence-corrected chi connectivity index (χ1v) is 4.88. The van der Waals surface area contributed by atoms with Crippen LogP contribution in [0.2, 0.25) is 0 Å². The van der Waals surface area contributed by atoms with E-state index in [0.29, 0.717) is 13.0 Å². The van der Waals surface area contributed by atoms with Crippen LogP contribution in [0.1, 0.15) is 39.5 Å². The van der Waals surface area contributed by atoms with Crippen LogP contribution in [0, 0.1) is 5.92 Å². The van der Waals surface area contributed by atoms with E-state index in [1.165, 1.54) is 6.92 Å². The highest BCUT2D eigenvalue weighted by molar-refractivity contribution is 6.37. The van der Waals surface area contributed by atoms with Crippen LogP contribution < -0.4 is 5.73 Å². The predicted molar refractivity (Wildman–Crippen MR) is 52.4 cm³/mol. The molecule has 0 aromatic carbocycles. The van der Waals surface area contributed by atoms with Crippen LogP contribution in [-0.2, 0) is 9.59 Å². The normalized spacial score (nSPS) is 12.5. The second kappa shape index (κ2) is 6.78. The van der Waals surface area contributed by atoms with Crippen LogP contribution in [0.4, 0.5) is 0 Å². The monoisotopic (exact) mass is 185 g/mol. The highest BCUT2D eigenvalue weighted by Crippen LogP contribution is 2.13. The zero-order valence-electron chi connectivity index (χ0n) is 8.51. The van der Waals surface area contributed by atoms with E-state index in [9.17, 15) is 9.59 Å². The first-order chi connectivity index (χ1) is 6.13. The number of hydrogen-bond acceptors (Lipinski definition) is 3. The molecule has 13 heavy (non-hydrogen) atoms. The van der Waals surface area contributed by atoms with E-state index >= 15 is 0 Å². The minimum Gasteiger partial charge on any atom is -0.330 e. The lowest BCUT2D eigenvalue weighted by Gasteiger charge is -2.11. The van der Waals surface area contributed by atoms with E-state index in [2.05, 4.69) is 6.92 Å². The van der Waals surface area contributed by atoms with Crippen LogP contribution in [-0.4, -0.2) is 18.1 Å². The quantitative estimate of drug-likeness (QED) is 0.608. The van der Waals surface area contributed by atoms with Crippen molar-refractivity contribution in [3.05, 3.63) is 0 Å². The first-order valence-electron chi connectivity index (χ1n) is 4.88. The van der Waals surface area contributed by atoms with E-state index in [4.69, 9.17) is 5.73 Å². The third-order valence-electron chi connectivity index (χ3n) is 2.14. The average molecular weight is 185 g/mol. The van der Waals surface area contributed by atoms with Gasteiger partial charge in [0.2, 0.25) is 5.78 Å². The molecule has 0 rings (SSSR count). The second-order valence-electron chi connectivity index (χ2n) is 3.34. The molecule has 0 saturated heterocycles. The number of ketones is 2. The third-order valence-corrected chi connectivity index (χ3v) is 2.14. The van der Waals surface area contributed by atoms with Crippen molar-refractivity contribution in [3.63, 3.8) is 0 Å². The molecule has 76 valence electrons. The molecule has 0 fully saturated rings. The summed E-state index contributed by atoms with van der Waals surface area (Å²) < 4.78 is 0. The smallest absolute Gasteiger partial charge is 0.201 e. The molecule has 0 aliphatic rings. The number of hydrogen-bond donors (Lipinski definition) is 1. The SMILES string of the molecule is CCCCC(CCN)C(=O)C(C)=O. The number of carbonyl (C=O) groups excluding carboxylic acids is 2. The standard InChI is InChI=1S/C10H19NO2/c1-3-4-5-9(6-7-11)10(13)8(2)12/h9H,3-7,11H2,1-2H3. The molecular formula is C10H19NO2. The summed E-state index contributed by atoms with van der Waals surface area (Å²) in [5, 5.41) is 0. The number of unbranched alkanes of at least 4 members (excludes halogenated alkanes) is 1. The molecule has 0 heterocycles. The Kier molecular flexibility index (Phi) is 6.41. The maximum Gasteiger partial charge on any atom is 0.201 e. The van der Waals surface area contributed by atoms with Gasteiger partial charge in [-0.1, -0.05) is 19.8 Å². The molecule has 1 unspecified atom stereocenters. The Morgan fingerprint density at radius 3 is 2.31 bits per heavy atom. The zero-order chi connectivity index (χ0) is 10.3. The number of rotatable bonds is 7. The molecule has 1 atom stereocenters. The molecule has 0 aromatic rings. The fraction of sp³-hybridized carbons (Fsp3) is 0.800. The van der Waals surface area contributed by atoms with E-state index in [0.717, 1.165) is 19.3 Å². The lowest BCUT2D eigenvalue weighted by molar-refractivity contribution is -0.138. The van der Waals surface area contributed by atoms with Gasteiger partial charge < -0.3 is 5.73 Å². The Labute approximate surface area is 79.7 Å². The summed E-state index contributed by atoms with van der Waals surface area (Å²) in [7, 11) is 0. The van der Waals surface area contributed by atoms with Crippen molar-refractivity contribution in [2.24, 2.45) is 11.7 Å². The van der Waals surface area contributed by atoms with Crippen molar-refractivity contribution in [2.75, 3.05) is 6.54 Å². The van der Waals surface area contributed by atoms with E-state index in [1.54, 1.807) is 0 Å². The van der Waals surface area contributed by atoms with Crippen molar-refractivity contribution in [1.82, 2.24) is 0 Å². The Bertz CT molecular complexity index is 178. The number of carbonyl (C=O) groups is 2. The summed E-state index contributed by atoms with van der Waals surface area (Å²) in [6.45, 7) is 3.88. The van der Waals surface area contributed by atoms with Crippen molar-refractivity contribution in [3.8, 4) is 0 Å². The molecule has 0 aliphatic carbocycles. The molecule has 0 aliphatic heterocycles. The predicted octanol–water partition coefficient (Wildman–Crippen LogP) is 1.30. The minimum atomic E-state index is -0.338. The summed E-state index contributed by atoms with van der Waals surface area (Å²) in [6, 6.07) is 0. The molecule has 0 saturated carbocycles. The van der Waals surface area contributed by atoms with Gasteiger partial charge in [0.15, 0.2) is 5.78 Å².